The summed E-state index contributed by atoms with van der Waals surface area (Å²) in [7, 11) is 0. The molecule has 0 bridgehead atoms. The molecule has 2 aromatic carbocycles. The second-order valence-corrected chi connectivity index (χ2v) is 6.85. The normalized spacial score (nSPS) is 11.3. The average Bonchev–Trinajstić information content (AvgIpc) is 2.53. The van der Waals surface area contributed by atoms with Crippen LogP contribution in [-0.4, -0.2) is 36.0 Å². The summed E-state index contributed by atoms with van der Waals surface area (Å²) in [5, 5.41) is 2.39. The van der Waals surface area contributed by atoms with Gasteiger partial charge >= 0.3 is 6.09 Å². The zero-order valence-electron chi connectivity index (χ0n) is 14.6. The van der Waals surface area contributed by atoms with Gasteiger partial charge in [-0.25, -0.2) is 4.79 Å². The zero-order valence-corrected chi connectivity index (χ0v) is 14.6. The maximum Gasteiger partial charge on any atom is 0.410 e. The lowest BCUT2D eigenvalue weighted by Crippen LogP contribution is -2.38. The number of fused-ring (bicyclic) bond motifs is 1. The number of rotatable bonds is 6. The number of nitrogens with zero attached hydrogens (tertiary/aromatic N) is 1. The third kappa shape index (κ3) is 5.37. The fraction of sp³-hybridized carbons (Fsp3) is 0.400. The lowest BCUT2D eigenvalue weighted by Gasteiger charge is -2.27. The van der Waals surface area contributed by atoms with E-state index >= 15 is 0 Å². The summed E-state index contributed by atoms with van der Waals surface area (Å²) in [5.74, 6) is 0. The summed E-state index contributed by atoms with van der Waals surface area (Å²) in [6.07, 6.45) is 1.50. The Bertz CT molecular complexity index is 703. The van der Waals surface area contributed by atoms with Crippen molar-refractivity contribution in [3.63, 3.8) is 0 Å². The highest BCUT2D eigenvalue weighted by atomic mass is 16.6. The third-order valence-electron chi connectivity index (χ3n) is 3.65. The monoisotopic (exact) mass is 327 g/mol. The first-order chi connectivity index (χ1) is 11.4. The van der Waals surface area contributed by atoms with Crippen LogP contribution in [0.15, 0.2) is 42.5 Å². The molecule has 0 saturated carbocycles. The maximum atomic E-state index is 12.3. The van der Waals surface area contributed by atoms with E-state index in [1.165, 1.54) is 10.8 Å². The summed E-state index contributed by atoms with van der Waals surface area (Å²) < 4.78 is 5.43. The van der Waals surface area contributed by atoms with E-state index < -0.39 is 5.60 Å². The first-order valence-corrected chi connectivity index (χ1v) is 8.28. The van der Waals surface area contributed by atoms with Crippen molar-refractivity contribution >= 4 is 23.2 Å². The molecule has 0 N–H and O–H groups in total. The van der Waals surface area contributed by atoms with E-state index in [9.17, 15) is 9.59 Å². The van der Waals surface area contributed by atoms with E-state index in [4.69, 9.17) is 4.74 Å². The van der Waals surface area contributed by atoms with Crippen LogP contribution < -0.4 is 0 Å². The minimum Gasteiger partial charge on any atom is -0.444 e. The smallest absolute Gasteiger partial charge is 0.410 e. The predicted octanol–water partition coefficient (Wildman–Crippen LogP) is 4.21. The van der Waals surface area contributed by atoms with Gasteiger partial charge < -0.3 is 14.4 Å². The number of benzene rings is 2. The molecule has 0 aliphatic carbocycles. The van der Waals surface area contributed by atoms with Crippen LogP contribution in [0.25, 0.3) is 10.8 Å². The topological polar surface area (TPSA) is 46.6 Å². The number of amides is 1. The van der Waals surface area contributed by atoms with E-state index in [0.717, 1.165) is 18.3 Å². The van der Waals surface area contributed by atoms with Crippen LogP contribution in [0.1, 0.15) is 32.8 Å². The van der Waals surface area contributed by atoms with Gasteiger partial charge in [0.2, 0.25) is 0 Å². The molecule has 0 unspecified atom stereocenters. The number of hydrogen-bond donors (Lipinski definition) is 0. The molecule has 1 amide bonds. The van der Waals surface area contributed by atoms with Gasteiger partial charge in [-0.2, -0.15) is 0 Å². The lowest BCUT2D eigenvalue weighted by molar-refractivity contribution is -0.108. The highest BCUT2D eigenvalue weighted by Gasteiger charge is 2.21. The fourth-order valence-corrected chi connectivity index (χ4v) is 2.49. The number of carbonyl (C=O) groups is 2. The van der Waals surface area contributed by atoms with Gasteiger partial charge in [0.05, 0.1) is 0 Å². The lowest BCUT2D eigenvalue weighted by atomic mass is 10.1. The SMILES string of the molecule is CC(C)(C)OC(=O)N(CCC=O)CCc1ccc2ccccc2c1. The standard InChI is InChI=1S/C20H25NO3/c1-20(2,3)24-19(23)21(12-6-14-22)13-11-16-9-10-17-7-4-5-8-18(17)15-16/h4-5,7-10,14-15H,6,11-13H2,1-3H3. The molecule has 0 aliphatic heterocycles. The minimum absolute atomic E-state index is 0.316. The molecule has 24 heavy (non-hydrogen) atoms. The average molecular weight is 327 g/mol. The van der Waals surface area contributed by atoms with E-state index in [0.29, 0.717) is 19.5 Å². The second kappa shape index (κ2) is 7.95. The summed E-state index contributed by atoms with van der Waals surface area (Å²) in [5.41, 5.74) is 0.618. The van der Waals surface area contributed by atoms with Crippen LogP contribution >= 0.6 is 0 Å². The molecule has 2 aromatic rings. The molecule has 128 valence electrons. The van der Waals surface area contributed by atoms with Crippen molar-refractivity contribution in [2.75, 3.05) is 13.1 Å². The van der Waals surface area contributed by atoms with Crippen molar-refractivity contribution < 1.29 is 14.3 Å². The van der Waals surface area contributed by atoms with Crippen LogP contribution in [0.3, 0.4) is 0 Å². The highest BCUT2D eigenvalue weighted by molar-refractivity contribution is 5.83. The Balaban J connectivity index is 2.04. The summed E-state index contributed by atoms with van der Waals surface area (Å²) in [6, 6.07) is 14.5. The van der Waals surface area contributed by atoms with E-state index in [2.05, 4.69) is 30.3 Å². The van der Waals surface area contributed by atoms with Gasteiger partial charge in [0.15, 0.2) is 0 Å². The predicted molar refractivity (Wildman–Crippen MR) is 96.1 cm³/mol. The Hall–Kier alpha value is -2.36. The van der Waals surface area contributed by atoms with Gasteiger partial charge in [0.25, 0.3) is 0 Å². The van der Waals surface area contributed by atoms with Crippen LogP contribution in [0.2, 0.25) is 0 Å². The Morgan fingerprint density at radius 3 is 2.46 bits per heavy atom. The number of aldehydes is 1. The molecular weight excluding hydrogens is 302 g/mol. The van der Waals surface area contributed by atoms with E-state index in [1.54, 1.807) is 4.90 Å². The fourth-order valence-electron chi connectivity index (χ4n) is 2.49. The molecule has 0 aromatic heterocycles. The molecule has 2 rings (SSSR count). The van der Waals surface area contributed by atoms with Gasteiger partial charge in [-0.1, -0.05) is 42.5 Å². The van der Waals surface area contributed by atoms with Gasteiger partial charge in [-0.3, -0.25) is 0 Å². The van der Waals surface area contributed by atoms with Gasteiger partial charge in [0.1, 0.15) is 11.9 Å². The second-order valence-electron chi connectivity index (χ2n) is 6.85. The van der Waals surface area contributed by atoms with Crippen molar-refractivity contribution in [1.29, 1.82) is 0 Å². The zero-order chi connectivity index (χ0) is 17.6. The highest BCUT2D eigenvalue weighted by Crippen LogP contribution is 2.17. The first-order valence-electron chi connectivity index (χ1n) is 8.28. The van der Waals surface area contributed by atoms with Crippen molar-refractivity contribution in [1.82, 2.24) is 4.90 Å². The van der Waals surface area contributed by atoms with Crippen LogP contribution in [0.4, 0.5) is 4.79 Å². The Labute approximate surface area is 143 Å². The Morgan fingerprint density at radius 2 is 1.79 bits per heavy atom. The molecule has 0 aliphatic rings. The summed E-state index contributed by atoms with van der Waals surface area (Å²) in [4.78, 5) is 24.6. The summed E-state index contributed by atoms with van der Waals surface area (Å²) in [6.45, 7) is 6.43. The molecule has 0 heterocycles. The molecular formula is C20H25NO3. The van der Waals surface area contributed by atoms with Crippen LogP contribution in [0.5, 0.6) is 0 Å². The largest absolute Gasteiger partial charge is 0.444 e. The molecule has 0 spiro atoms. The Morgan fingerprint density at radius 1 is 1.08 bits per heavy atom. The number of carbonyl (C=O) groups excluding carboxylic acids is 2. The van der Waals surface area contributed by atoms with Crippen molar-refractivity contribution in [2.24, 2.45) is 0 Å². The molecule has 0 radical (unpaired) electrons. The molecule has 4 nitrogen and oxygen atoms in total. The number of ether oxygens (including phenoxy) is 1. The minimum atomic E-state index is -0.542. The van der Waals surface area contributed by atoms with Crippen LogP contribution in [0, 0.1) is 0 Å². The number of hydrogen-bond acceptors (Lipinski definition) is 3. The Kier molecular flexibility index (Phi) is 5.96. The van der Waals surface area contributed by atoms with E-state index in [-0.39, 0.29) is 6.09 Å². The van der Waals surface area contributed by atoms with E-state index in [1.807, 2.05) is 32.9 Å². The van der Waals surface area contributed by atoms with Crippen molar-refractivity contribution in [2.45, 2.75) is 39.2 Å². The maximum absolute atomic E-state index is 12.3. The molecule has 0 fully saturated rings. The third-order valence-corrected chi connectivity index (χ3v) is 3.65. The van der Waals surface area contributed by atoms with Gasteiger partial charge in [-0.05, 0) is 43.5 Å². The van der Waals surface area contributed by atoms with Crippen molar-refractivity contribution in [3.8, 4) is 0 Å². The van der Waals surface area contributed by atoms with Gasteiger partial charge in [-0.15, -0.1) is 0 Å². The quantitative estimate of drug-likeness (QED) is 0.747. The van der Waals surface area contributed by atoms with Crippen LogP contribution in [-0.2, 0) is 16.0 Å². The molecule has 4 heteroatoms. The van der Waals surface area contributed by atoms with Gasteiger partial charge in [0, 0.05) is 19.5 Å². The first kappa shape index (κ1) is 18.0. The van der Waals surface area contributed by atoms with Crippen molar-refractivity contribution in [3.05, 3.63) is 48.0 Å². The summed E-state index contributed by atoms with van der Waals surface area (Å²) >= 11 is 0. The molecule has 0 saturated heterocycles. The molecule has 0 atom stereocenters.